The van der Waals surface area contributed by atoms with Crippen LogP contribution in [0.2, 0.25) is 0 Å². The Hall–Kier alpha value is -1.74. The smallest absolute Gasteiger partial charge is 0.189 e. The lowest BCUT2D eigenvalue weighted by Gasteiger charge is -2.14. The van der Waals surface area contributed by atoms with Crippen molar-refractivity contribution < 1.29 is 14.3 Å². The molecule has 3 nitrogen and oxygen atoms in total. The van der Waals surface area contributed by atoms with Crippen LogP contribution in [0.4, 0.5) is 0 Å². The van der Waals surface area contributed by atoms with Gasteiger partial charge in [0.1, 0.15) is 0 Å². The highest BCUT2D eigenvalue weighted by Crippen LogP contribution is 2.22. The van der Waals surface area contributed by atoms with Gasteiger partial charge < -0.3 is 4.74 Å². The number of ketones is 2. The molecular formula is C14H14O3. The molecule has 0 saturated heterocycles. The van der Waals surface area contributed by atoms with Gasteiger partial charge in [-0.3, -0.25) is 9.59 Å². The van der Waals surface area contributed by atoms with Crippen LogP contribution in [-0.4, -0.2) is 24.8 Å². The van der Waals surface area contributed by atoms with Gasteiger partial charge >= 0.3 is 0 Å². The molecule has 1 aliphatic rings. The van der Waals surface area contributed by atoms with Crippen molar-refractivity contribution >= 4 is 11.6 Å². The minimum Gasteiger partial charge on any atom is -0.381 e. The first-order valence-electron chi connectivity index (χ1n) is 5.70. The Labute approximate surface area is 100 Å². The Morgan fingerprint density at radius 2 is 1.82 bits per heavy atom. The zero-order valence-corrected chi connectivity index (χ0v) is 9.73. The second-order valence-electron chi connectivity index (χ2n) is 3.86. The molecule has 0 bridgehead atoms. The van der Waals surface area contributed by atoms with Crippen LogP contribution in [0, 0.1) is 0 Å². The van der Waals surface area contributed by atoms with E-state index in [1.807, 2.05) is 6.92 Å². The van der Waals surface area contributed by atoms with Crippen LogP contribution in [-0.2, 0) is 4.74 Å². The lowest BCUT2D eigenvalue weighted by Crippen LogP contribution is -2.17. The number of rotatable bonds is 4. The van der Waals surface area contributed by atoms with Crippen molar-refractivity contribution in [3.8, 4) is 0 Å². The maximum absolute atomic E-state index is 12.1. The third kappa shape index (κ3) is 2.34. The van der Waals surface area contributed by atoms with Crippen molar-refractivity contribution in [2.24, 2.45) is 0 Å². The molecule has 88 valence electrons. The topological polar surface area (TPSA) is 43.4 Å². The first-order chi connectivity index (χ1) is 8.24. The van der Waals surface area contributed by atoms with Gasteiger partial charge in [0.25, 0.3) is 0 Å². The maximum Gasteiger partial charge on any atom is 0.189 e. The van der Waals surface area contributed by atoms with Gasteiger partial charge in [-0.15, -0.1) is 0 Å². The molecule has 0 radical (unpaired) electrons. The van der Waals surface area contributed by atoms with Gasteiger partial charge in [-0.25, -0.2) is 0 Å². The summed E-state index contributed by atoms with van der Waals surface area (Å²) < 4.78 is 5.20. The van der Waals surface area contributed by atoms with E-state index in [4.69, 9.17) is 4.74 Å². The Morgan fingerprint density at radius 3 is 2.53 bits per heavy atom. The van der Waals surface area contributed by atoms with Gasteiger partial charge in [-0.2, -0.15) is 0 Å². The van der Waals surface area contributed by atoms with E-state index in [1.165, 1.54) is 6.08 Å². The van der Waals surface area contributed by atoms with Gasteiger partial charge in [0, 0.05) is 23.3 Å². The van der Waals surface area contributed by atoms with Crippen LogP contribution in [0.5, 0.6) is 0 Å². The predicted molar refractivity (Wildman–Crippen MR) is 64.3 cm³/mol. The quantitative estimate of drug-likeness (QED) is 0.746. The first-order valence-corrected chi connectivity index (χ1v) is 5.70. The molecule has 0 heterocycles. The SMILES string of the molecule is CCOCCC1=CC(=O)c2ccccc2C1=O. The first kappa shape index (κ1) is 11.7. The van der Waals surface area contributed by atoms with Crippen LogP contribution in [0.25, 0.3) is 0 Å². The van der Waals surface area contributed by atoms with Crippen LogP contribution in [0.15, 0.2) is 35.9 Å². The Kier molecular flexibility index (Phi) is 3.49. The standard InChI is InChI=1S/C14H14O3/c1-2-17-8-7-10-9-13(15)11-5-3-4-6-12(11)14(10)16/h3-6,9H,2,7-8H2,1H3. The van der Waals surface area contributed by atoms with E-state index in [0.717, 1.165) is 0 Å². The fraction of sp³-hybridized carbons (Fsp3) is 0.286. The Morgan fingerprint density at radius 1 is 1.12 bits per heavy atom. The van der Waals surface area contributed by atoms with Crippen LogP contribution < -0.4 is 0 Å². The van der Waals surface area contributed by atoms with E-state index in [2.05, 4.69) is 0 Å². The number of carbonyl (C=O) groups excluding carboxylic acids is 2. The number of fused-ring (bicyclic) bond motifs is 1. The molecule has 0 aromatic heterocycles. The summed E-state index contributed by atoms with van der Waals surface area (Å²) in [6.07, 6.45) is 1.93. The molecule has 3 heteroatoms. The van der Waals surface area contributed by atoms with Crippen molar-refractivity contribution in [3.63, 3.8) is 0 Å². The minimum absolute atomic E-state index is 0.0556. The summed E-state index contributed by atoms with van der Waals surface area (Å²) in [6.45, 7) is 2.99. The largest absolute Gasteiger partial charge is 0.381 e. The average Bonchev–Trinajstić information content (AvgIpc) is 2.36. The Bertz CT molecular complexity index is 486. The summed E-state index contributed by atoms with van der Waals surface area (Å²) in [6, 6.07) is 6.92. The molecule has 0 fully saturated rings. The normalized spacial score (nSPS) is 14.5. The van der Waals surface area contributed by atoms with E-state index >= 15 is 0 Å². The molecule has 0 N–H and O–H groups in total. The van der Waals surface area contributed by atoms with Gasteiger partial charge in [-0.1, -0.05) is 24.3 Å². The van der Waals surface area contributed by atoms with Gasteiger partial charge in [0.15, 0.2) is 11.6 Å². The number of hydrogen-bond donors (Lipinski definition) is 0. The minimum atomic E-state index is -0.0910. The van der Waals surface area contributed by atoms with Crippen molar-refractivity contribution in [3.05, 3.63) is 47.0 Å². The lowest BCUT2D eigenvalue weighted by molar-refractivity contribution is 0.0969. The third-order valence-electron chi connectivity index (χ3n) is 2.75. The molecule has 1 aromatic rings. The van der Waals surface area contributed by atoms with E-state index in [-0.39, 0.29) is 11.6 Å². The highest BCUT2D eigenvalue weighted by molar-refractivity contribution is 6.24. The molecule has 2 rings (SSSR count). The maximum atomic E-state index is 12.1. The zero-order valence-electron chi connectivity index (χ0n) is 9.73. The fourth-order valence-electron chi connectivity index (χ4n) is 1.88. The van der Waals surface area contributed by atoms with Crippen LogP contribution in [0.3, 0.4) is 0 Å². The third-order valence-corrected chi connectivity index (χ3v) is 2.75. The molecule has 0 atom stereocenters. The summed E-state index contributed by atoms with van der Waals surface area (Å²) >= 11 is 0. The second-order valence-corrected chi connectivity index (χ2v) is 3.86. The monoisotopic (exact) mass is 230 g/mol. The predicted octanol–water partition coefficient (Wildman–Crippen LogP) is 2.42. The van der Waals surface area contributed by atoms with Gasteiger partial charge in [0.2, 0.25) is 0 Å². The summed E-state index contributed by atoms with van der Waals surface area (Å²) in [5.74, 6) is -0.147. The van der Waals surface area contributed by atoms with Gasteiger partial charge in [0.05, 0.1) is 6.61 Å². The molecule has 1 aromatic carbocycles. The second kappa shape index (κ2) is 5.06. The van der Waals surface area contributed by atoms with E-state index in [9.17, 15) is 9.59 Å². The summed E-state index contributed by atoms with van der Waals surface area (Å²) in [7, 11) is 0. The number of carbonyl (C=O) groups is 2. The molecule has 1 aliphatic carbocycles. The highest BCUT2D eigenvalue weighted by Gasteiger charge is 2.24. The molecule has 0 spiro atoms. The fourth-order valence-corrected chi connectivity index (χ4v) is 1.88. The molecule has 17 heavy (non-hydrogen) atoms. The van der Waals surface area contributed by atoms with E-state index < -0.39 is 0 Å². The zero-order chi connectivity index (χ0) is 12.3. The van der Waals surface area contributed by atoms with Crippen LogP contribution >= 0.6 is 0 Å². The van der Waals surface area contributed by atoms with Crippen molar-refractivity contribution in [2.75, 3.05) is 13.2 Å². The Balaban J connectivity index is 2.23. The molecular weight excluding hydrogens is 216 g/mol. The number of ether oxygens (including phenoxy) is 1. The lowest BCUT2D eigenvalue weighted by atomic mass is 9.88. The van der Waals surface area contributed by atoms with Crippen molar-refractivity contribution in [1.29, 1.82) is 0 Å². The van der Waals surface area contributed by atoms with Crippen molar-refractivity contribution in [2.45, 2.75) is 13.3 Å². The number of Topliss-reactive ketones (excluding diaryl/α,β-unsaturated/α-hetero) is 1. The van der Waals surface area contributed by atoms with E-state index in [1.54, 1.807) is 24.3 Å². The highest BCUT2D eigenvalue weighted by atomic mass is 16.5. The molecule has 0 saturated carbocycles. The molecule has 0 unspecified atom stereocenters. The van der Waals surface area contributed by atoms with Gasteiger partial charge in [-0.05, 0) is 19.4 Å². The summed E-state index contributed by atoms with van der Waals surface area (Å²) in [5.41, 5.74) is 1.55. The average molecular weight is 230 g/mol. The van der Waals surface area contributed by atoms with E-state index in [0.29, 0.717) is 36.3 Å². The number of hydrogen-bond acceptors (Lipinski definition) is 3. The summed E-state index contributed by atoms with van der Waals surface area (Å²) in [5, 5.41) is 0. The van der Waals surface area contributed by atoms with Crippen molar-refractivity contribution in [1.82, 2.24) is 0 Å². The number of allylic oxidation sites excluding steroid dienone is 1. The molecule has 0 amide bonds. The summed E-state index contributed by atoms with van der Waals surface area (Å²) in [4.78, 5) is 23.9. The number of benzene rings is 1. The van der Waals surface area contributed by atoms with Crippen LogP contribution in [0.1, 0.15) is 34.1 Å². The molecule has 0 aliphatic heterocycles.